The molecule has 1 saturated heterocycles. The van der Waals surface area contributed by atoms with E-state index < -0.39 is 39.6 Å². The van der Waals surface area contributed by atoms with Crippen molar-refractivity contribution in [1.29, 1.82) is 0 Å². The number of hydrogen-bond acceptors (Lipinski definition) is 6. The van der Waals surface area contributed by atoms with E-state index in [9.17, 15) is 22.8 Å². The van der Waals surface area contributed by atoms with Crippen LogP contribution in [0.5, 0.6) is 0 Å². The Hall–Kier alpha value is -3.21. The van der Waals surface area contributed by atoms with Crippen LogP contribution in [0.15, 0.2) is 46.2 Å². The fraction of sp³-hybridized carbons (Fsp3) is 0.478. The smallest absolute Gasteiger partial charge is 0.333 e. The third-order valence-corrected chi connectivity index (χ3v) is 8.38. The first-order valence-electron chi connectivity index (χ1n) is 11.5. The molecule has 0 N–H and O–H groups in total. The lowest BCUT2D eigenvalue weighted by Gasteiger charge is -2.28. The van der Waals surface area contributed by atoms with Crippen molar-refractivity contribution in [3.63, 3.8) is 0 Å². The summed E-state index contributed by atoms with van der Waals surface area (Å²) in [5, 5.41) is 0. The molecule has 1 amide bonds. The van der Waals surface area contributed by atoms with Gasteiger partial charge in [0.25, 0.3) is 5.56 Å². The minimum atomic E-state index is -3.18. The summed E-state index contributed by atoms with van der Waals surface area (Å²) < 4.78 is 28.1. The molecule has 2 fully saturated rings. The summed E-state index contributed by atoms with van der Waals surface area (Å²) in [7, 11) is -3.18. The molecule has 180 valence electrons. The first kappa shape index (κ1) is 22.6. The predicted molar refractivity (Wildman–Crippen MR) is 126 cm³/mol. The number of hydrogen-bond donors (Lipinski definition) is 0. The lowest BCUT2D eigenvalue weighted by Crippen LogP contribution is -2.49. The van der Waals surface area contributed by atoms with Crippen molar-refractivity contribution in [2.24, 2.45) is 0 Å². The van der Waals surface area contributed by atoms with E-state index in [2.05, 4.69) is 4.98 Å². The van der Waals surface area contributed by atoms with Gasteiger partial charge in [0.05, 0.1) is 24.4 Å². The molecule has 1 atom stereocenters. The van der Waals surface area contributed by atoms with Crippen molar-refractivity contribution in [2.75, 3.05) is 11.5 Å². The van der Waals surface area contributed by atoms with Crippen molar-refractivity contribution in [3.05, 3.63) is 63.1 Å². The van der Waals surface area contributed by atoms with Crippen molar-refractivity contribution < 1.29 is 13.2 Å². The Bertz CT molecular complexity index is 1470. The molecular formula is C23H27N5O5S. The summed E-state index contributed by atoms with van der Waals surface area (Å²) in [5.41, 5.74) is 0.250. The van der Waals surface area contributed by atoms with Gasteiger partial charge in [0.2, 0.25) is 5.91 Å². The zero-order valence-corrected chi connectivity index (χ0v) is 19.8. The fourth-order valence-corrected chi connectivity index (χ4v) is 6.51. The van der Waals surface area contributed by atoms with E-state index in [1.165, 1.54) is 10.9 Å². The number of carbonyl (C=O) groups is 1. The minimum absolute atomic E-state index is 0.0297. The van der Waals surface area contributed by atoms with E-state index in [0.29, 0.717) is 13.0 Å². The summed E-state index contributed by atoms with van der Waals surface area (Å²) in [4.78, 5) is 46.2. The Morgan fingerprint density at radius 3 is 2.44 bits per heavy atom. The number of amides is 1. The molecular weight excluding hydrogens is 458 g/mol. The minimum Gasteiger partial charge on any atom is -0.334 e. The van der Waals surface area contributed by atoms with E-state index in [0.717, 1.165) is 23.0 Å². The number of fused-ring (bicyclic) bond motifs is 1. The van der Waals surface area contributed by atoms with Gasteiger partial charge in [-0.15, -0.1) is 0 Å². The molecule has 1 aliphatic heterocycles. The van der Waals surface area contributed by atoms with Gasteiger partial charge >= 0.3 is 5.69 Å². The molecule has 2 aliphatic rings. The van der Waals surface area contributed by atoms with Gasteiger partial charge in [0.15, 0.2) is 21.0 Å². The van der Waals surface area contributed by atoms with Crippen LogP contribution in [0.25, 0.3) is 11.2 Å². The summed E-state index contributed by atoms with van der Waals surface area (Å²) in [6.45, 7) is 2.14. The molecule has 34 heavy (non-hydrogen) atoms. The lowest BCUT2D eigenvalue weighted by molar-refractivity contribution is -0.134. The molecule has 0 bridgehead atoms. The maximum absolute atomic E-state index is 13.5. The Morgan fingerprint density at radius 1 is 1.09 bits per heavy atom. The third-order valence-electron chi connectivity index (χ3n) is 6.63. The predicted octanol–water partition coefficient (Wildman–Crippen LogP) is 0.606. The second-order valence-corrected chi connectivity index (χ2v) is 11.3. The van der Waals surface area contributed by atoms with Gasteiger partial charge in [-0.2, -0.15) is 0 Å². The number of rotatable bonds is 7. The van der Waals surface area contributed by atoms with Crippen LogP contribution >= 0.6 is 0 Å². The van der Waals surface area contributed by atoms with Crippen LogP contribution < -0.4 is 11.2 Å². The number of carbonyl (C=O) groups excluding carboxylic acids is 1. The second-order valence-electron chi connectivity index (χ2n) is 9.04. The fourth-order valence-electron chi connectivity index (χ4n) is 4.80. The van der Waals surface area contributed by atoms with Crippen LogP contribution in [0.2, 0.25) is 0 Å². The van der Waals surface area contributed by atoms with Gasteiger partial charge in [0, 0.05) is 18.6 Å². The van der Waals surface area contributed by atoms with Gasteiger partial charge in [-0.25, -0.2) is 22.8 Å². The van der Waals surface area contributed by atoms with Crippen molar-refractivity contribution in [3.8, 4) is 0 Å². The zero-order valence-electron chi connectivity index (χ0n) is 19.0. The van der Waals surface area contributed by atoms with Crippen LogP contribution in [-0.4, -0.2) is 61.5 Å². The Labute approximate surface area is 196 Å². The lowest BCUT2D eigenvalue weighted by atomic mass is 10.2. The van der Waals surface area contributed by atoms with Gasteiger partial charge < -0.3 is 9.47 Å². The monoisotopic (exact) mass is 485 g/mol. The van der Waals surface area contributed by atoms with Crippen molar-refractivity contribution in [2.45, 2.75) is 57.9 Å². The van der Waals surface area contributed by atoms with Crippen LogP contribution in [0.3, 0.4) is 0 Å². The summed E-state index contributed by atoms with van der Waals surface area (Å²) >= 11 is 0. The van der Waals surface area contributed by atoms with Gasteiger partial charge in [-0.1, -0.05) is 30.3 Å². The highest BCUT2D eigenvalue weighted by molar-refractivity contribution is 7.91. The number of benzene rings is 1. The Morgan fingerprint density at radius 2 is 1.82 bits per heavy atom. The topological polar surface area (TPSA) is 116 Å². The number of nitrogens with zero attached hydrogens (tertiary/aromatic N) is 5. The Balaban J connectivity index is 1.57. The van der Waals surface area contributed by atoms with Crippen molar-refractivity contribution in [1.82, 2.24) is 23.6 Å². The Kier molecular flexibility index (Phi) is 5.67. The molecule has 0 spiro atoms. The second kappa shape index (κ2) is 8.53. The van der Waals surface area contributed by atoms with E-state index in [1.54, 1.807) is 9.47 Å². The molecule has 3 aromatic rings. The highest BCUT2D eigenvalue weighted by atomic mass is 32.2. The number of aryl methyl sites for hydroxylation is 1. The van der Waals surface area contributed by atoms with Crippen LogP contribution in [0.1, 0.15) is 31.7 Å². The van der Waals surface area contributed by atoms with E-state index in [1.807, 2.05) is 37.3 Å². The van der Waals surface area contributed by atoms with E-state index >= 15 is 0 Å². The van der Waals surface area contributed by atoms with Crippen LogP contribution in [-0.2, 0) is 34.3 Å². The number of sulfone groups is 1. The van der Waals surface area contributed by atoms with Crippen LogP contribution in [0.4, 0.5) is 0 Å². The quantitative estimate of drug-likeness (QED) is 0.484. The highest BCUT2D eigenvalue weighted by Crippen LogP contribution is 2.32. The molecule has 2 aromatic heterocycles. The van der Waals surface area contributed by atoms with Gasteiger partial charge in [-0.3, -0.25) is 14.2 Å². The maximum Gasteiger partial charge on any atom is 0.333 e. The molecule has 1 aliphatic carbocycles. The van der Waals surface area contributed by atoms with Gasteiger partial charge in [0.1, 0.15) is 6.54 Å². The normalized spacial score (nSPS) is 19.5. The molecule has 3 heterocycles. The molecule has 1 aromatic carbocycles. The summed E-state index contributed by atoms with van der Waals surface area (Å²) in [6, 6.07) is 8.93. The number of imidazole rings is 1. The summed E-state index contributed by atoms with van der Waals surface area (Å²) in [6.07, 6.45) is 3.52. The highest BCUT2D eigenvalue weighted by Gasteiger charge is 2.42. The largest absolute Gasteiger partial charge is 0.334 e. The maximum atomic E-state index is 13.5. The molecule has 1 saturated carbocycles. The molecule has 5 rings (SSSR count). The zero-order chi connectivity index (χ0) is 24.0. The third kappa shape index (κ3) is 4.08. The van der Waals surface area contributed by atoms with E-state index in [-0.39, 0.29) is 35.3 Å². The van der Waals surface area contributed by atoms with Crippen molar-refractivity contribution >= 4 is 26.9 Å². The first-order chi connectivity index (χ1) is 16.3. The van der Waals surface area contributed by atoms with Gasteiger partial charge in [-0.05, 0) is 31.7 Å². The average molecular weight is 486 g/mol. The molecule has 10 nitrogen and oxygen atoms in total. The first-order valence-corrected chi connectivity index (χ1v) is 13.3. The summed E-state index contributed by atoms with van der Waals surface area (Å²) in [5.74, 6) is -0.402. The SMILES string of the molecule is CCn1cnc2c1c(=O)n(CC(=O)N(C1CC1)C1CCS(=O)(=O)C1)c(=O)n2Cc1ccccc1. The molecule has 1 unspecified atom stereocenters. The average Bonchev–Trinajstić information content (AvgIpc) is 3.44. The molecule has 0 radical (unpaired) electrons. The molecule has 11 heteroatoms. The standard InChI is InChI=1S/C23H27N5O5S/c1-2-25-15-24-21-20(25)22(30)27(23(31)26(21)12-16-6-4-3-5-7-16)13-19(29)28(17-8-9-17)18-10-11-34(32,33)14-18/h3-7,15,17-18H,2,8-14H2,1H3. The number of aromatic nitrogens is 4. The van der Waals surface area contributed by atoms with Crippen LogP contribution in [0, 0.1) is 0 Å². The van der Waals surface area contributed by atoms with E-state index in [4.69, 9.17) is 0 Å².